The Balaban J connectivity index is 3.12. The van der Waals surface area contributed by atoms with Gasteiger partial charge in [0.15, 0.2) is 0 Å². The van der Waals surface area contributed by atoms with Gasteiger partial charge in [-0.1, -0.05) is 12.1 Å². The van der Waals surface area contributed by atoms with E-state index in [1.807, 2.05) is 11.8 Å². The summed E-state index contributed by atoms with van der Waals surface area (Å²) in [6.07, 6.45) is 6.08. The number of unbranched alkanes of at least 4 members (excludes halogenated alkanes) is 1. The minimum absolute atomic E-state index is 0.325. The van der Waals surface area contributed by atoms with Crippen molar-refractivity contribution in [1.82, 2.24) is 5.32 Å². The molecule has 90 valence electrons. The largest absolute Gasteiger partial charge is 0.409 e. The number of thioether (sulfide) groups is 1. The van der Waals surface area contributed by atoms with Gasteiger partial charge in [0.25, 0.3) is 0 Å². The van der Waals surface area contributed by atoms with Gasteiger partial charge in [0, 0.05) is 11.7 Å². The Hall–Kier alpha value is -0.420. The third kappa shape index (κ3) is 9.87. The molecule has 0 radical (unpaired) electrons. The molecule has 0 aromatic carbocycles. The molecule has 0 spiro atoms. The average Bonchev–Trinajstić information content (AvgIpc) is 2.26. The van der Waals surface area contributed by atoms with Crippen molar-refractivity contribution in [3.63, 3.8) is 0 Å². The molecule has 0 aromatic heterocycles. The van der Waals surface area contributed by atoms with Crippen molar-refractivity contribution < 1.29 is 5.21 Å². The monoisotopic (exact) mass is 233 g/mol. The molecule has 15 heavy (non-hydrogen) atoms. The number of nitrogens with one attached hydrogen (secondary N) is 1. The lowest BCUT2D eigenvalue weighted by Crippen LogP contribution is -2.20. The summed E-state index contributed by atoms with van der Waals surface area (Å²) in [4.78, 5) is 0. The molecule has 5 heteroatoms. The number of oxime groups is 1. The van der Waals surface area contributed by atoms with Crippen LogP contribution >= 0.6 is 11.8 Å². The molecule has 1 unspecified atom stereocenters. The van der Waals surface area contributed by atoms with Crippen LogP contribution in [0.4, 0.5) is 0 Å². The SMILES string of the molecule is CSC(C)CCNCCCCC(N)=NO. The highest BCUT2D eigenvalue weighted by atomic mass is 32.2. The highest BCUT2D eigenvalue weighted by molar-refractivity contribution is 7.99. The van der Waals surface area contributed by atoms with E-state index >= 15 is 0 Å². The molecule has 0 aromatic rings. The van der Waals surface area contributed by atoms with E-state index in [4.69, 9.17) is 10.9 Å². The van der Waals surface area contributed by atoms with Crippen LogP contribution in [0.5, 0.6) is 0 Å². The summed E-state index contributed by atoms with van der Waals surface area (Å²) >= 11 is 1.90. The number of amidine groups is 1. The molecule has 0 rings (SSSR count). The first-order valence-corrected chi connectivity index (χ1v) is 6.69. The topological polar surface area (TPSA) is 70.6 Å². The third-order valence-electron chi connectivity index (χ3n) is 2.29. The van der Waals surface area contributed by atoms with E-state index in [2.05, 4.69) is 23.7 Å². The molecule has 0 saturated heterocycles. The smallest absolute Gasteiger partial charge is 0.139 e. The van der Waals surface area contributed by atoms with Crippen LogP contribution in [-0.2, 0) is 0 Å². The number of rotatable bonds is 9. The predicted molar refractivity (Wildman–Crippen MR) is 67.7 cm³/mol. The van der Waals surface area contributed by atoms with E-state index < -0.39 is 0 Å². The predicted octanol–water partition coefficient (Wildman–Crippen LogP) is 1.63. The Bertz CT molecular complexity index is 176. The standard InChI is InChI=1S/C10H23N3OS/c1-9(15-2)6-8-12-7-4-3-5-10(11)13-14/h9,12,14H,3-8H2,1-2H3,(H2,11,13). The molecule has 0 bridgehead atoms. The van der Waals surface area contributed by atoms with Gasteiger partial charge < -0.3 is 16.3 Å². The lowest BCUT2D eigenvalue weighted by molar-refractivity contribution is 0.316. The van der Waals surface area contributed by atoms with Gasteiger partial charge in [-0.25, -0.2) is 0 Å². The van der Waals surface area contributed by atoms with Gasteiger partial charge in [-0.2, -0.15) is 11.8 Å². The van der Waals surface area contributed by atoms with Crippen molar-refractivity contribution in [3.05, 3.63) is 0 Å². The third-order valence-corrected chi connectivity index (χ3v) is 3.34. The van der Waals surface area contributed by atoms with Gasteiger partial charge in [0.05, 0.1) is 0 Å². The molecule has 4 N–H and O–H groups in total. The fraction of sp³-hybridized carbons (Fsp3) is 0.900. The van der Waals surface area contributed by atoms with Crippen molar-refractivity contribution in [2.75, 3.05) is 19.3 Å². The highest BCUT2D eigenvalue weighted by Gasteiger charge is 1.98. The second-order valence-corrected chi connectivity index (χ2v) is 4.91. The number of hydrogen-bond acceptors (Lipinski definition) is 4. The Morgan fingerprint density at radius 1 is 1.47 bits per heavy atom. The van der Waals surface area contributed by atoms with Gasteiger partial charge >= 0.3 is 0 Å². The molecular formula is C10H23N3OS. The molecule has 0 aliphatic carbocycles. The van der Waals surface area contributed by atoms with E-state index in [9.17, 15) is 0 Å². The molecule has 1 atom stereocenters. The highest BCUT2D eigenvalue weighted by Crippen LogP contribution is 2.07. The maximum Gasteiger partial charge on any atom is 0.139 e. The van der Waals surface area contributed by atoms with E-state index in [1.54, 1.807) is 0 Å². The lowest BCUT2D eigenvalue weighted by Gasteiger charge is -2.08. The summed E-state index contributed by atoms with van der Waals surface area (Å²) < 4.78 is 0. The Labute approximate surface area is 96.7 Å². The van der Waals surface area contributed by atoms with Crippen LogP contribution in [0.15, 0.2) is 5.16 Å². The number of nitrogens with two attached hydrogens (primary N) is 1. The van der Waals surface area contributed by atoms with Gasteiger partial charge in [-0.15, -0.1) is 0 Å². The Kier molecular flexibility index (Phi) is 9.83. The maximum absolute atomic E-state index is 8.31. The van der Waals surface area contributed by atoms with E-state index in [1.165, 1.54) is 6.42 Å². The average molecular weight is 233 g/mol. The van der Waals surface area contributed by atoms with Crippen molar-refractivity contribution in [3.8, 4) is 0 Å². The minimum Gasteiger partial charge on any atom is -0.409 e. The molecule has 0 fully saturated rings. The first-order valence-electron chi connectivity index (χ1n) is 5.40. The van der Waals surface area contributed by atoms with Gasteiger partial charge in [0.1, 0.15) is 5.84 Å². The molecule has 0 saturated carbocycles. The summed E-state index contributed by atoms with van der Waals surface area (Å²) in [6.45, 7) is 4.33. The maximum atomic E-state index is 8.31. The normalized spacial score (nSPS) is 14.1. The zero-order chi connectivity index (χ0) is 11.5. The number of hydrogen-bond donors (Lipinski definition) is 3. The zero-order valence-corrected chi connectivity index (χ0v) is 10.5. The Morgan fingerprint density at radius 2 is 2.20 bits per heavy atom. The molecule has 0 aliphatic rings. The first-order chi connectivity index (χ1) is 7.20. The van der Waals surface area contributed by atoms with Crippen LogP contribution in [0, 0.1) is 0 Å². The summed E-state index contributed by atoms with van der Waals surface area (Å²) in [5.41, 5.74) is 5.35. The summed E-state index contributed by atoms with van der Waals surface area (Å²) in [5.74, 6) is 0.325. The van der Waals surface area contributed by atoms with Crippen molar-refractivity contribution in [2.45, 2.75) is 37.9 Å². The van der Waals surface area contributed by atoms with Gasteiger partial charge in [-0.3, -0.25) is 0 Å². The van der Waals surface area contributed by atoms with Gasteiger partial charge in [-0.05, 0) is 38.6 Å². The van der Waals surface area contributed by atoms with Crippen molar-refractivity contribution >= 4 is 17.6 Å². The minimum atomic E-state index is 0.325. The summed E-state index contributed by atoms with van der Waals surface area (Å²) in [7, 11) is 0. The molecule has 4 nitrogen and oxygen atoms in total. The van der Waals surface area contributed by atoms with Crippen molar-refractivity contribution in [2.24, 2.45) is 10.9 Å². The van der Waals surface area contributed by atoms with Crippen LogP contribution in [0.3, 0.4) is 0 Å². The van der Waals surface area contributed by atoms with Crippen LogP contribution in [0.25, 0.3) is 0 Å². The first kappa shape index (κ1) is 14.6. The zero-order valence-electron chi connectivity index (χ0n) is 9.70. The lowest BCUT2D eigenvalue weighted by atomic mass is 10.2. The van der Waals surface area contributed by atoms with Crippen LogP contribution < -0.4 is 11.1 Å². The van der Waals surface area contributed by atoms with E-state index in [0.29, 0.717) is 12.3 Å². The number of nitrogens with zero attached hydrogens (tertiary/aromatic N) is 1. The van der Waals surface area contributed by atoms with Crippen LogP contribution in [0.2, 0.25) is 0 Å². The molecular weight excluding hydrogens is 210 g/mol. The van der Waals surface area contributed by atoms with Crippen LogP contribution in [0.1, 0.15) is 32.6 Å². The quantitative estimate of drug-likeness (QED) is 0.186. The Morgan fingerprint density at radius 3 is 2.80 bits per heavy atom. The fourth-order valence-electron chi connectivity index (χ4n) is 1.15. The summed E-state index contributed by atoms with van der Waals surface area (Å²) in [5, 5.41) is 15.4. The summed E-state index contributed by atoms with van der Waals surface area (Å²) in [6, 6.07) is 0. The molecule has 0 amide bonds. The van der Waals surface area contributed by atoms with Crippen molar-refractivity contribution in [1.29, 1.82) is 0 Å². The van der Waals surface area contributed by atoms with Gasteiger partial charge in [0.2, 0.25) is 0 Å². The molecule has 0 aliphatic heterocycles. The second-order valence-electron chi connectivity index (χ2n) is 3.63. The van der Waals surface area contributed by atoms with E-state index in [-0.39, 0.29) is 0 Å². The fourth-order valence-corrected chi connectivity index (χ4v) is 1.51. The second kappa shape index (κ2) is 10.1. The molecule has 0 heterocycles. The van der Waals surface area contributed by atoms with E-state index in [0.717, 1.165) is 31.2 Å². The van der Waals surface area contributed by atoms with Crippen LogP contribution in [-0.4, -0.2) is 35.6 Å².